The lowest BCUT2D eigenvalue weighted by Crippen LogP contribution is -2.05. The summed E-state index contributed by atoms with van der Waals surface area (Å²) in [6, 6.07) is 30.9. The summed E-state index contributed by atoms with van der Waals surface area (Å²) in [6.45, 7) is 0.660. The van der Waals surface area contributed by atoms with E-state index < -0.39 is 0 Å². The molecule has 2 aromatic heterocycles. The molecule has 0 N–H and O–H groups in total. The zero-order valence-electron chi connectivity index (χ0n) is 20.1. The molecule has 5 nitrogen and oxygen atoms in total. The number of hydrogen-bond donors (Lipinski definition) is 0. The lowest BCUT2D eigenvalue weighted by atomic mass is 9.95. The molecule has 2 heterocycles. The minimum Gasteiger partial charge on any atom is -0.299 e. The van der Waals surface area contributed by atoms with Gasteiger partial charge in [-0.1, -0.05) is 84.1 Å². The molecule has 3 aromatic carbocycles. The number of hydrogen-bond acceptors (Lipinski definition) is 4. The second kappa shape index (κ2) is 11.4. The number of aryl methyl sites for hydroxylation is 1. The summed E-state index contributed by atoms with van der Waals surface area (Å²) in [4.78, 5) is 16.9. The van der Waals surface area contributed by atoms with E-state index in [9.17, 15) is 4.79 Å². The molecule has 0 bridgehead atoms. The van der Waals surface area contributed by atoms with Crippen molar-refractivity contribution in [1.29, 1.82) is 0 Å². The third-order valence-corrected chi connectivity index (χ3v) is 6.27. The molecule has 0 amide bonds. The quantitative estimate of drug-likeness (QED) is 0.243. The summed E-state index contributed by atoms with van der Waals surface area (Å²) in [7, 11) is 0. The first-order valence-electron chi connectivity index (χ1n) is 12.3. The molecule has 5 heteroatoms. The monoisotopic (exact) mass is 472 g/mol. The first-order chi connectivity index (χ1) is 17.7. The summed E-state index contributed by atoms with van der Waals surface area (Å²) in [5.74, 6) is 0.283. The van der Waals surface area contributed by atoms with Crippen molar-refractivity contribution in [3.8, 4) is 22.4 Å². The standard InChI is InChI=1S/C31H28N4O/c36-29(20-27-11-4-5-14-30(27)26-9-2-1-3-10-26)13-6-8-24-15-17-25(18-16-24)22-35-23-31(33-34-35)28-12-7-19-32-21-28/h1-5,7,9-12,14-19,21,23H,6,8,13,20,22H2. The van der Waals surface area contributed by atoms with Crippen LogP contribution in [0.4, 0.5) is 0 Å². The van der Waals surface area contributed by atoms with Crippen LogP contribution in [0.15, 0.2) is 110 Å². The molecular weight excluding hydrogens is 444 g/mol. The highest BCUT2D eigenvalue weighted by molar-refractivity contribution is 5.83. The molecule has 0 unspecified atom stereocenters. The first-order valence-corrected chi connectivity index (χ1v) is 12.3. The van der Waals surface area contributed by atoms with E-state index >= 15 is 0 Å². The van der Waals surface area contributed by atoms with Crippen molar-refractivity contribution in [1.82, 2.24) is 20.0 Å². The zero-order chi connectivity index (χ0) is 24.6. The van der Waals surface area contributed by atoms with Gasteiger partial charge in [0, 0.05) is 30.8 Å². The van der Waals surface area contributed by atoms with Gasteiger partial charge in [-0.25, -0.2) is 4.68 Å². The molecule has 0 fully saturated rings. The van der Waals surface area contributed by atoms with Crippen molar-refractivity contribution in [2.75, 3.05) is 0 Å². The Kier molecular flexibility index (Phi) is 7.38. The highest BCUT2D eigenvalue weighted by Crippen LogP contribution is 2.24. The van der Waals surface area contributed by atoms with Crippen LogP contribution in [-0.2, 0) is 24.2 Å². The van der Waals surface area contributed by atoms with Gasteiger partial charge in [0.05, 0.1) is 12.7 Å². The van der Waals surface area contributed by atoms with Crippen molar-refractivity contribution in [3.63, 3.8) is 0 Å². The van der Waals surface area contributed by atoms with Crippen LogP contribution in [0.1, 0.15) is 29.5 Å². The van der Waals surface area contributed by atoms with Gasteiger partial charge in [-0.15, -0.1) is 5.10 Å². The largest absolute Gasteiger partial charge is 0.299 e. The Balaban J connectivity index is 1.11. The molecule has 0 aliphatic carbocycles. The Morgan fingerprint density at radius 1 is 0.778 bits per heavy atom. The average molecular weight is 473 g/mol. The average Bonchev–Trinajstić information content (AvgIpc) is 3.39. The van der Waals surface area contributed by atoms with Crippen LogP contribution in [0.2, 0.25) is 0 Å². The predicted molar refractivity (Wildman–Crippen MR) is 142 cm³/mol. The molecule has 0 spiro atoms. The molecule has 0 saturated heterocycles. The van der Waals surface area contributed by atoms with Crippen molar-refractivity contribution in [3.05, 3.63) is 126 Å². The maximum Gasteiger partial charge on any atom is 0.137 e. The maximum absolute atomic E-state index is 12.7. The minimum atomic E-state index is 0.283. The summed E-state index contributed by atoms with van der Waals surface area (Å²) in [6.07, 6.45) is 8.27. The SMILES string of the molecule is O=C(CCCc1ccc(Cn2cc(-c3cccnc3)nn2)cc1)Cc1ccccc1-c1ccccc1. The topological polar surface area (TPSA) is 60.7 Å². The Labute approximate surface area is 211 Å². The third kappa shape index (κ3) is 5.99. The molecule has 178 valence electrons. The van der Waals surface area contributed by atoms with E-state index in [0.29, 0.717) is 19.4 Å². The predicted octanol–water partition coefficient (Wildman–Crippen LogP) is 6.19. The highest BCUT2D eigenvalue weighted by Gasteiger charge is 2.10. The van der Waals surface area contributed by atoms with Crippen molar-refractivity contribution >= 4 is 5.78 Å². The molecular formula is C31H28N4O. The van der Waals surface area contributed by atoms with Crippen LogP contribution < -0.4 is 0 Å². The molecule has 36 heavy (non-hydrogen) atoms. The number of nitrogens with zero attached hydrogens (tertiary/aromatic N) is 4. The molecule has 0 aliphatic heterocycles. The second-order valence-electron chi connectivity index (χ2n) is 8.95. The fraction of sp³-hybridized carbons (Fsp3) is 0.161. The molecule has 0 atom stereocenters. The van der Waals surface area contributed by atoms with E-state index in [0.717, 1.165) is 46.4 Å². The summed E-state index contributed by atoms with van der Waals surface area (Å²) in [5, 5.41) is 8.49. The molecule has 0 radical (unpaired) electrons. The van der Waals surface area contributed by atoms with Crippen LogP contribution in [0, 0.1) is 0 Å². The van der Waals surface area contributed by atoms with E-state index in [1.165, 1.54) is 5.56 Å². The van der Waals surface area contributed by atoms with Crippen LogP contribution in [0.25, 0.3) is 22.4 Å². The van der Waals surface area contributed by atoms with E-state index in [2.05, 4.69) is 63.8 Å². The third-order valence-electron chi connectivity index (χ3n) is 6.27. The Hall–Kier alpha value is -4.38. The number of carbonyl (C=O) groups is 1. The van der Waals surface area contributed by atoms with E-state index in [-0.39, 0.29) is 5.78 Å². The molecule has 5 rings (SSSR count). The van der Waals surface area contributed by atoms with Gasteiger partial charge in [0.15, 0.2) is 0 Å². The van der Waals surface area contributed by atoms with Gasteiger partial charge in [-0.05, 0) is 52.8 Å². The lowest BCUT2D eigenvalue weighted by Gasteiger charge is -2.09. The van der Waals surface area contributed by atoms with Gasteiger partial charge in [0.25, 0.3) is 0 Å². The van der Waals surface area contributed by atoms with E-state index in [1.807, 2.05) is 53.3 Å². The molecule has 5 aromatic rings. The van der Waals surface area contributed by atoms with E-state index in [4.69, 9.17) is 0 Å². The number of carbonyl (C=O) groups excluding carboxylic acids is 1. The number of aromatic nitrogens is 4. The number of rotatable bonds is 10. The van der Waals surface area contributed by atoms with E-state index in [1.54, 1.807) is 12.4 Å². The maximum atomic E-state index is 12.7. The number of Topliss-reactive ketones (excluding diaryl/α,β-unsaturated/α-hetero) is 1. The number of pyridine rings is 1. The molecule has 0 saturated carbocycles. The smallest absolute Gasteiger partial charge is 0.137 e. The summed E-state index contributed by atoms with van der Waals surface area (Å²) in [5.41, 5.74) is 7.56. The lowest BCUT2D eigenvalue weighted by molar-refractivity contribution is -0.118. The van der Waals surface area contributed by atoms with Gasteiger partial charge < -0.3 is 0 Å². The van der Waals surface area contributed by atoms with Crippen molar-refractivity contribution in [2.45, 2.75) is 32.2 Å². The zero-order valence-corrected chi connectivity index (χ0v) is 20.1. The fourth-order valence-electron chi connectivity index (χ4n) is 4.38. The summed E-state index contributed by atoms with van der Waals surface area (Å²) < 4.78 is 1.84. The number of benzene rings is 3. The normalized spacial score (nSPS) is 10.9. The van der Waals surface area contributed by atoms with Crippen LogP contribution in [0.5, 0.6) is 0 Å². The van der Waals surface area contributed by atoms with Gasteiger partial charge in [0.1, 0.15) is 11.5 Å². The fourth-order valence-corrected chi connectivity index (χ4v) is 4.38. The van der Waals surface area contributed by atoms with Crippen molar-refractivity contribution in [2.24, 2.45) is 0 Å². The van der Waals surface area contributed by atoms with Crippen LogP contribution in [0.3, 0.4) is 0 Å². The van der Waals surface area contributed by atoms with Gasteiger partial charge in [-0.3, -0.25) is 9.78 Å². The van der Waals surface area contributed by atoms with Crippen LogP contribution >= 0.6 is 0 Å². The second-order valence-corrected chi connectivity index (χ2v) is 8.95. The Bertz CT molecular complexity index is 1410. The van der Waals surface area contributed by atoms with Crippen LogP contribution in [-0.4, -0.2) is 25.8 Å². The van der Waals surface area contributed by atoms with Gasteiger partial charge >= 0.3 is 0 Å². The van der Waals surface area contributed by atoms with Gasteiger partial charge in [0.2, 0.25) is 0 Å². The Morgan fingerprint density at radius 3 is 2.33 bits per heavy atom. The van der Waals surface area contributed by atoms with Crippen molar-refractivity contribution < 1.29 is 4.79 Å². The highest BCUT2D eigenvalue weighted by atomic mass is 16.1. The minimum absolute atomic E-state index is 0.283. The Morgan fingerprint density at radius 2 is 1.53 bits per heavy atom. The summed E-state index contributed by atoms with van der Waals surface area (Å²) >= 11 is 0. The molecule has 0 aliphatic rings. The number of ketones is 1. The van der Waals surface area contributed by atoms with Gasteiger partial charge in [-0.2, -0.15) is 0 Å². The first kappa shape index (κ1) is 23.4.